The predicted molar refractivity (Wildman–Crippen MR) is 120 cm³/mol. The average Bonchev–Trinajstić information content (AvgIpc) is 3.09. The lowest BCUT2D eigenvalue weighted by Crippen LogP contribution is -2.34. The molecule has 0 aliphatic heterocycles. The van der Waals surface area contributed by atoms with Crippen LogP contribution < -0.4 is 10.6 Å². The number of hydrogen-bond acceptors (Lipinski definition) is 7. The first-order valence-electron chi connectivity index (χ1n) is 9.84. The van der Waals surface area contributed by atoms with Crippen LogP contribution in [-0.4, -0.2) is 47.0 Å². The number of halogens is 1. The minimum Gasteiger partial charge on any atom is -0.396 e. The Labute approximate surface area is 183 Å². The van der Waals surface area contributed by atoms with Gasteiger partial charge < -0.3 is 15.7 Å². The highest BCUT2D eigenvalue weighted by Gasteiger charge is 2.25. The third kappa shape index (κ3) is 4.45. The van der Waals surface area contributed by atoms with Gasteiger partial charge in [-0.1, -0.05) is 12.8 Å². The Kier molecular flexibility index (Phi) is 5.99. The molecule has 0 radical (unpaired) electrons. The molecule has 4 rings (SSSR count). The summed E-state index contributed by atoms with van der Waals surface area (Å²) in [7, 11) is -3.25. The van der Waals surface area contributed by atoms with Gasteiger partial charge in [0, 0.05) is 36.6 Å². The summed E-state index contributed by atoms with van der Waals surface area (Å²) in [5.41, 5.74) is 1.39. The van der Waals surface area contributed by atoms with Crippen molar-refractivity contribution in [3.05, 3.63) is 41.0 Å². The second-order valence-corrected chi connectivity index (χ2v) is 10.5. The standard InChI is InChI=1S/C20H24BrN5O3S/c1-30(28,29)15-8-6-14(7-9-15)23-19-10-18(25-20-16(21)11-22-26(19)20)24-17-5-3-2-4-13(17)12-27/h6-11,13,17,23,27H,2-5,12H2,1H3,(H,24,25)/t13-,17-/m1/s1. The van der Waals surface area contributed by atoms with Crippen molar-refractivity contribution in [2.75, 3.05) is 23.5 Å². The highest BCUT2D eigenvalue weighted by Crippen LogP contribution is 2.29. The van der Waals surface area contributed by atoms with Gasteiger partial charge in [0.2, 0.25) is 0 Å². The maximum Gasteiger partial charge on any atom is 0.175 e. The van der Waals surface area contributed by atoms with Gasteiger partial charge >= 0.3 is 0 Å². The molecule has 30 heavy (non-hydrogen) atoms. The summed E-state index contributed by atoms with van der Waals surface area (Å²) in [5, 5.41) is 20.9. The Morgan fingerprint density at radius 3 is 2.67 bits per heavy atom. The fourth-order valence-corrected chi connectivity index (χ4v) is 4.82. The lowest BCUT2D eigenvalue weighted by atomic mass is 9.85. The first-order valence-corrected chi connectivity index (χ1v) is 12.5. The van der Waals surface area contributed by atoms with E-state index in [1.807, 2.05) is 6.07 Å². The zero-order valence-electron chi connectivity index (χ0n) is 16.5. The number of aromatic nitrogens is 3. The highest BCUT2D eigenvalue weighted by atomic mass is 79.9. The fourth-order valence-electron chi connectivity index (χ4n) is 3.84. The molecular formula is C20H24BrN5O3S. The van der Waals surface area contributed by atoms with Gasteiger partial charge in [-0.05, 0) is 53.0 Å². The number of hydrogen-bond donors (Lipinski definition) is 3. The minimum atomic E-state index is -3.25. The third-order valence-corrected chi connectivity index (χ3v) is 7.15. The van der Waals surface area contributed by atoms with Gasteiger partial charge in [-0.15, -0.1) is 0 Å². The minimum absolute atomic E-state index is 0.161. The van der Waals surface area contributed by atoms with Crippen LogP contribution >= 0.6 is 15.9 Å². The van der Waals surface area contributed by atoms with Crippen molar-refractivity contribution in [3.63, 3.8) is 0 Å². The Bertz CT molecular complexity index is 1150. The number of fused-ring (bicyclic) bond motifs is 1. The molecule has 1 aliphatic rings. The number of anilines is 3. The van der Waals surface area contributed by atoms with Crippen LogP contribution in [0.1, 0.15) is 25.7 Å². The summed E-state index contributed by atoms with van der Waals surface area (Å²) < 4.78 is 25.8. The number of sulfone groups is 1. The van der Waals surface area contributed by atoms with Crippen LogP contribution in [0, 0.1) is 5.92 Å². The molecule has 2 atom stereocenters. The maximum absolute atomic E-state index is 11.7. The van der Waals surface area contributed by atoms with Crippen molar-refractivity contribution in [1.29, 1.82) is 0 Å². The van der Waals surface area contributed by atoms with Crippen LogP contribution in [0.5, 0.6) is 0 Å². The van der Waals surface area contributed by atoms with Crippen LogP contribution in [-0.2, 0) is 9.84 Å². The van der Waals surface area contributed by atoms with Gasteiger partial charge in [0.05, 0.1) is 15.6 Å². The van der Waals surface area contributed by atoms with E-state index in [9.17, 15) is 13.5 Å². The smallest absolute Gasteiger partial charge is 0.175 e. The summed E-state index contributed by atoms with van der Waals surface area (Å²) in [4.78, 5) is 4.96. The van der Waals surface area contributed by atoms with Crippen molar-refractivity contribution in [2.45, 2.75) is 36.6 Å². The number of aliphatic hydroxyl groups excluding tert-OH is 1. The van der Waals surface area contributed by atoms with Gasteiger partial charge in [0.15, 0.2) is 15.5 Å². The molecule has 1 aromatic carbocycles. The van der Waals surface area contributed by atoms with E-state index in [2.05, 4.69) is 36.6 Å². The quantitative estimate of drug-likeness (QED) is 0.481. The Balaban J connectivity index is 1.65. The SMILES string of the molecule is CS(=O)(=O)c1ccc(Nc2cc(N[C@@H]3CCCC[C@@H]3CO)nc3c(Br)cnn23)cc1. The zero-order chi connectivity index (χ0) is 21.3. The summed E-state index contributed by atoms with van der Waals surface area (Å²) in [6.45, 7) is 0.161. The number of aliphatic hydroxyl groups is 1. The molecule has 2 aromatic heterocycles. The van der Waals surface area contributed by atoms with E-state index in [-0.39, 0.29) is 23.5 Å². The number of nitrogens with one attached hydrogen (secondary N) is 2. The van der Waals surface area contributed by atoms with E-state index < -0.39 is 9.84 Å². The summed E-state index contributed by atoms with van der Waals surface area (Å²) in [6.07, 6.45) is 7.14. The molecule has 0 saturated heterocycles. The lowest BCUT2D eigenvalue weighted by molar-refractivity contribution is 0.178. The molecule has 0 bridgehead atoms. The van der Waals surface area contributed by atoms with Crippen LogP contribution in [0.4, 0.5) is 17.3 Å². The van der Waals surface area contributed by atoms with Gasteiger partial charge in [0.1, 0.15) is 11.6 Å². The monoisotopic (exact) mass is 493 g/mol. The van der Waals surface area contributed by atoms with Crippen molar-refractivity contribution in [3.8, 4) is 0 Å². The van der Waals surface area contributed by atoms with E-state index in [0.29, 0.717) is 17.3 Å². The Hall–Kier alpha value is -2.17. The van der Waals surface area contributed by atoms with E-state index in [0.717, 1.165) is 35.8 Å². The van der Waals surface area contributed by atoms with Crippen LogP contribution in [0.2, 0.25) is 0 Å². The zero-order valence-corrected chi connectivity index (χ0v) is 18.9. The van der Waals surface area contributed by atoms with Crippen molar-refractivity contribution < 1.29 is 13.5 Å². The van der Waals surface area contributed by atoms with Gasteiger partial charge in [0.25, 0.3) is 0 Å². The summed E-state index contributed by atoms with van der Waals surface area (Å²) >= 11 is 3.49. The molecular weight excluding hydrogens is 470 g/mol. The molecule has 0 unspecified atom stereocenters. The first kappa shape index (κ1) is 21.1. The molecule has 10 heteroatoms. The molecule has 0 spiro atoms. The first-order chi connectivity index (χ1) is 14.3. The molecule has 1 aliphatic carbocycles. The largest absolute Gasteiger partial charge is 0.396 e. The Morgan fingerprint density at radius 2 is 1.97 bits per heavy atom. The van der Waals surface area contributed by atoms with Crippen LogP contribution in [0.3, 0.4) is 0 Å². The average molecular weight is 494 g/mol. The molecule has 2 heterocycles. The van der Waals surface area contributed by atoms with Crippen molar-refractivity contribution >= 4 is 48.7 Å². The number of rotatable bonds is 6. The second-order valence-electron chi connectivity index (χ2n) is 7.65. The highest BCUT2D eigenvalue weighted by molar-refractivity contribution is 9.10. The van der Waals surface area contributed by atoms with E-state index in [4.69, 9.17) is 0 Å². The maximum atomic E-state index is 11.7. The van der Waals surface area contributed by atoms with Gasteiger partial charge in [-0.25, -0.2) is 13.4 Å². The second kappa shape index (κ2) is 8.52. The summed E-state index contributed by atoms with van der Waals surface area (Å²) in [6, 6.07) is 8.63. The van der Waals surface area contributed by atoms with Crippen molar-refractivity contribution in [1.82, 2.24) is 14.6 Å². The van der Waals surface area contributed by atoms with E-state index in [1.54, 1.807) is 35.0 Å². The van der Waals surface area contributed by atoms with Gasteiger partial charge in [-0.3, -0.25) is 0 Å². The normalized spacial score (nSPS) is 19.7. The van der Waals surface area contributed by atoms with E-state index in [1.165, 1.54) is 6.26 Å². The molecule has 3 N–H and O–H groups in total. The van der Waals surface area contributed by atoms with Crippen molar-refractivity contribution in [2.24, 2.45) is 5.92 Å². The topological polar surface area (TPSA) is 109 Å². The molecule has 160 valence electrons. The van der Waals surface area contributed by atoms with E-state index >= 15 is 0 Å². The molecule has 1 fully saturated rings. The molecule has 0 amide bonds. The molecule has 8 nitrogen and oxygen atoms in total. The lowest BCUT2D eigenvalue weighted by Gasteiger charge is -2.31. The third-order valence-electron chi connectivity index (χ3n) is 5.46. The van der Waals surface area contributed by atoms with Crippen LogP contribution in [0.15, 0.2) is 45.9 Å². The predicted octanol–water partition coefficient (Wildman–Crippen LogP) is 3.60. The summed E-state index contributed by atoms with van der Waals surface area (Å²) in [5.74, 6) is 1.60. The number of nitrogens with zero attached hydrogens (tertiary/aromatic N) is 3. The molecule has 1 saturated carbocycles. The Morgan fingerprint density at radius 1 is 1.23 bits per heavy atom. The van der Waals surface area contributed by atoms with Gasteiger partial charge in [-0.2, -0.15) is 9.61 Å². The molecule has 3 aromatic rings. The fraction of sp³-hybridized carbons (Fsp3) is 0.400. The number of benzene rings is 1. The van der Waals surface area contributed by atoms with Crippen LogP contribution in [0.25, 0.3) is 5.65 Å².